The molecule has 6 nitrogen and oxygen atoms in total. The van der Waals surface area contributed by atoms with Gasteiger partial charge in [0.25, 0.3) is 0 Å². The van der Waals surface area contributed by atoms with Crippen LogP contribution < -0.4 is 14.8 Å². The minimum absolute atomic E-state index is 0.286. The monoisotopic (exact) mass is 384 g/mol. The lowest BCUT2D eigenvalue weighted by Gasteiger charge is -2.24. The van der Waals surface area contributed by atoms with Crippen LogP contribution in [0.25, 0.3) is 0 Å². The Morgan fingerprint density at radius 2 is 2.04 bits per heavy atom. The molecule has 152 valence electrons. The number of aryl methyl sites for hydroxylation is 1. The largest absolute Gasteiger partial charge is 0.493 e. The molecule has 0 aliphatic heterocycles. The third kappa shape index (κ3) is 4.80. The van der Waals surface area contributed by atoms with Crippen molar-refractivity contribution in [1.82, 2.24) is 14.8 Å². The molecule has 0 radical (unpaired) electrons. The molecule has 2 aromatic rings. The zero-order chi connectivity index (χ0) is 19.9. The van der Waals surface area contributed by atoms with Crippen molar-refractivity contribution < 1.29 is 9.47 Å². The average Bonchev–Trinajstić information content (AvgIpc) is 3.35. The Kier molecular flexibility index (Phi) is 6.85. The van der Waals surface area contributed by atoms with Gasteiger partial charge in [0.1, 0.15) is 0 Å². The summed E-state index contributed by atoms with van der Waals surface area (Å²) < 4.78 is 14.0. The summed E-state index contributed by atoms with van der Waals surface area (Å²) in [6.45, 7) is 1.41. The highest BCUT2D eigenvalue weighted by atomic mass is 16.5. The molecule has 1 fully saturated rings. The number of benzene rings is 1. The lowest BCUT2D eigenvalue weighted by molar-refractivity contribution is 0.198. The van der Waals surface area contributed by atoms with Gasteiger partial charge in [0.15, 0.2) is 17.5 Å². The van der Waals surface area contributed by atoms with Crippen molar-refractivity contribution in [2.24, 2.45) is 12.0 Å². The fourth-order valence-corrected chi connectivity index (χ4v) is 3.71. The van der Waals surface area contributed by atoms with Crippen molar-refractivity contribution in [3.8, 4) is 11.5 Å². The van der Waals surface area contributed by atoms with Gasteiger partial charge in [-0.2, -0.15) is 0 Å². The van der Waals surface area contributed by atoms with Crippen LogP contribution in [0.5, 0.6) is 11.5 Å². The number of para-hydroxylation sites is 1. The number of methoxy groups -OCH3 is 1. The number of hydrogen-bond acceptors (Lipinski definition) is 3. The molecule has 0 spiro atoms. The average molecular weight is 385 g/mol. The predicted octanol–water partition coefficient (Wildman–Crippen LogP) is 3.56. The fourth-order valence-electron chi connectivity index (χ4n) is 3.71. The fraction of sp³-hybridized carbons (Fsp3) is 0.500. The van der Waals surface area contributed by atoms with E-state index < -0.39 is 0 Å². The number of ether oxygens (including phenoxy) is 2. The highest BCUT2D eigenvalue weighted by Crippen LogP contribution is 2.34. The van der Waals surface area contributed by atoms with Gasteiger partial charge in [0.2, 0.25) is 0 Å². The summed E-state index contributed by atoms with van der Waals surface area (Å²) in [5.41, 5.74) is 2.32. The second-order valence-electron chi connectivity index (χ2n) is 7.34. The second kappa shape index (κ2) is 9.53. The van der Waals surface area contributed by atoms with Crippen LogP contribution in [0.15, 0.2) is 41.5 Å². The molecule has 0 amide bonds. The van der Waals surface area contributed by atoms with Crippen LogP contribution in [0.3, 0.4) is 0 Å². The number of hydrogen-bond donors (Lipinski definition) is 1. The highest BCUT2D eigenvalue weighted by Gasteiger charge is 2.21. The van der Waals surface area contributed by atoms with Crippen LogP contribution in [0, 0.1) is 0 Å². The van der Waals surface area contributed by atoms with Gasteiger partial charge in [0.05, 0.1) is 19.8 Å². The van der Waals surface area contributed by atoms with Gasteiger partial charge in [-0.15, -0.1) is 0 Å². The third-order valence-corrected chi connectivity index (χ3v) is 5.33. The van der Waals surface area contributed by atoms with E-state index in [0.717, 1.165) is 42.4 Å². The van der Waals surface area contributed by atoms with Gasteiger partial charge >= 0.3 is 0 Å². The maximum absolute atomic E-state index is 6.33. The Morgan fingerprint density at radius 1 is 1.25 bits per heavy atom. The summed E-state index contributed by atoms with van der Waals surface area (Å²) in [6.07, 6.45) is 7.06. The summed E-state index contributed by atoms with van der Waals surface area (Å²) in [5, 5.41) is 3.47. The summed E-state index contributed by atoms with van der Waals surface area (Å²) in [5.74, 6) is 2.49. The highest BCUT2D eigenvalue weighted by molar-refractivity contribution is 5.79. The molecule has 1 heterocycles. The van der Waals surface area contributed by atoms with Crippen LogP contribution >= 0.6 is 0 Å². The third-order valence-electron chi connectivity index (χ3n) is 5.33. The number of nitrogens with one attached hydrogen (secondary N) is 1. The first kappa shape index (κ1) is 20.1. The Balaban J connectivity index is 1.69. The van der Waals surface area contributed by atoms with E-state index in [0.29, 0.717) is 6.54 Å². The van der Waals surface area contributed by atoms with E-state index in [2.05, 4.69) is 51.2 Å². The molecule has 6 heteroatoms. The van der Waals surface area contributed by atoms with Gasteiger partial charge in [-0.05, 0) is 43.9 Å². The van der Waals surface area contributed by atoms with Crippen molar-refractivity contribution in [3.63, 3.8) is 0 Å². The minimum Gasteiger partial charge on any atom is -0.493 e. The smallest absolute Gasteiger partial charge is 0.194 e. The number of nitrogens with zero attached hydrogens (tertiary/aromatic N) is 3. The first-order valence-electron chi connectivity index (χ1n) is 9.97. The molecule has 1 aromatic heterocycles. The molecule has 1 aliphatic carbocycles. The van der Waals surface area contributed by atoms with E-state index in [9.17, 15) is 0 Å². The number of aliphatic imine (C=N–C) groups is 1. The van der Waals surface area contributed by atoms with Crippen molar-refractivity contribution in [2.75, 3.05) is 21.2 Å². The topological polar surface area (TPSA) is 51.0 Å². The Morgan fingerprint density at radius 3 is 2.68 bits per heavy atom. The molecular weight excluding hydrogens is 352 g/mol. The molecule has 1 saturated carbocycles. The van der Waals surface area contributed by atoms with Crippen LogP contribution in [-0.4, -0.2) is 42.7 Å². The van der Waals surface area contributed by atoms with E-state index in [1.807, 2.05) is 26.2 Å². The van der Waals surface area contributed by atoms with Crippen LogP contribution in [0.2, 0.25) is 0 Å². The molecule has 1 aliphatic rings. The van der Waals surface area contributed by atoms with Crippen molar-refractivity contribution in [1.29, 1.82) is 0 Å². The first-order chi connectivity index (χ1) is 13.6. The molecule has 0 bridgehead atoms. The predicted molar refractivity (Wildman–Crippen MR) is 113 cm³/mol. The lowest BCUT2D eigenvalue weighted by atomic mass is 10.1. The lowest BCUT2D eigenvalue weighted by Crippen LogP contribution is -2.38. The number of aromatic nitrogens is 1. The summed E-state index contributed by atoms with van der Waals surface area (Å²) in [6, 6.07) is 10.2. The maximum Gasteiger partial charge on any atom is 0.194 e. The van der Waals surface area contributed by atoms with Crippen molar-refractivity contribution in [3.05, 3.63) is 47.8 Å². The van der Waals surface area contributed by atoms with Crippen LogP contribution in [-0.2, 0) is 20.1 Å². The molecular formula is C22H32N4O2. The summed E-state index contributed by atoms with van der Waals surface area (Å²) in [7, 11) is 7.61. The Hall–Kier alpha value is -2.63. The van der Waals surface area contributed by atoms with Crippen LogP contribution in [0.1, 0.15) is 36.9 Å². The second-order valence-corrected chi connectivity index (χ2v) is 7.34. The van der Waals surface area contributed by atoms with E-state index in [4.69, 9.17) is 9.47 Å². The minimum atomic E-state index is 0.286. The summed E-state index contributed by atoms with van der Waals surface area (Å²) >= 11 is 0. The van der Waals surface area contributed by atoms with E-state index in [-0.39, 0.29) is 6.10 Å². The zero-order valence-corrected chi connectivity index (χ0v) is 17.4. The van der Waals surface area contributed by atoms with Crippen molar-refractivity contribution >= 4 is 5.96 Å². The van der Waals surface area contributed by atoms with Gasteiger partial charge in [-0.25, -0.2) is 0 Å². The molecule has 3 rings (SSSR count). The molecule has 1 aromatic carbocycles. The molecule has 28 heavy (non-hydrogen) atoms. The Bertz CT molecular complexity index is 794. The van der Waals surface area contributed by atoms with E-state index in [1.165, 1.54) is 18.5 Å². The van der Waals surface area contributed by atoms with Gasteiger partial charge < -0.3 is 24.3 Å². The molecule has 1 N–H and O–H groups in total. The van der Waals surface area contributed by atoms with E-state index >= 15 is 0 Å². The number of guanidine groups is 1. The normalized spacial score (nSPS) is 14.9. The standard InChI is InChI=1S/C22H32N4O2/c1-23-22(26(3)16-18-10-8-14-25(18)2)24-15-17-9-7-13-20(27-4)21(17)28-19-11-5-6-12-19/h7-10,13-14,19H,5-6,11-12,15-16H2,1-4H3,(H,23,24). The Labute approximate surface area is 168 Å². The summed E-state index contributed by atoms with van der Waals surface area (Å²) in [4.78, 5) is 6.56. The van der Waals surface area contributed by atoms with Crippen molar-refractivity contribution in [2.45, 2.75) is 44.9 Å². The number of rotatable bonds is 7. The molecule has 0 unspecified atom stereocenters. The van der Waals surface area contributed by atoms with Gasteiger partial charge in [0, 0.05) is 45.1 Å². The molecule has 0 atom stereocenters. The van der Waals surface area contributed by atoms with E-state index in [1.54, 1.807) is 7.11 Å². The van der Waals surface area contributed by atoms with Crippen LogP contribution in [0.4, 0.5) is 0 Å². The zero-order valence-electron chi connectivity index (χ0n) is 17.4. The SMILES string of the molecule is CN=C(NCc1cccc(OC)c1OC1CCCC1)N(C)Cc1cccn1C. The first-order valence-corrected chi connectivity index (χ1v) is 9.97. The maximum atomic E-state index is 6.33. The quantitative estimate of drug-likeness (QED) is 0.586. The van der Waals surface area contributed by atoms with Gasteiger partial charge in [-0.1, -0.05) is 12.1 Å². The van der Waals surface area contributed by atoms with Gasteiger partial charge in [-0.3, -0.25) is 4.99 Å². The molecule has 0 saturated heterocycles.